The lowest BCUT2D eigenvalue weighted by molar-refractivity contribution is 0.0912. The molecule has 8 heteroatoms. The Balaban J connectivity index is 1.44. The number of amides is 1. The fraction of sp³-hybridized carbons (Fsp3) is 0.235. The van der Waals surface area contributed by atoms with Gasteiger partial charge in [-0.05, 0) is 24.6 Å². The first-order valence-corrected chi connectivity index (χ1v) is 7.97. The Hall–Kier alpha value is -3.29. The van der Waals surface area contributed by atoms with Crippen LogP contribution in [0.5, 0.6) is 0 Å². The average molecular weight is 336 g/mol. The number of pyridine rings is 1. The van der Waals surface area contributed by atoms with Gasteiger partial charge in [-0.15, -0.1) is 0 Å². The molecular weight excluding hydrogens is 320 g/mol. The van der Waals surface area contributed by atoms with Gasteiger partial charge in [-0.2, -0.15) is 0 Å². The molecule has 1 N–H and O–H groups in total. The first kappa shape index (κ1) is 15.3. The Kier molecular flexibility index (Phi) is 4.07. The molecule has 0 saturated carbocycles. The van der Waals surface area contributed by atoms with E-state index in [9.17, 15) is 4.79 Å². The zero-order valence-corrected chi connectivity index (χ0v) is 13.4. The summed E-state index contributed by atoms with van der Waals surface area (Å²) in [4.78, 5) is 31.0. The highest BCUT2D eigenvalue weighted by atomic mass is 16.3. The van der Waals surface area contributed by atoms with Crippen LogP contribution in [0.15, 0.2) is 53.8 Å². The van der Waals surface area contributed by atoms with E-state index in [1.165, 1.54) is 12.6 Å². The van der Waals surface area contributed by atoms with Crippen LogP contribution in [0.3, 0.4) is 0 Å². The van der Waals surface area contributed by atoms with E-state index in [1.54, 1.807) is 18.6 Å². The fourth-order valence-corrected chi connectivity index (χ4v) is 2.82. The van der Waals surface area contributed by atoms with Crippen molar-refractivity contribution in [2.24, 2.45) is 0 Å². The number of aromatic nitrogens is 4. The molecule has 4 rings (SSSR count). The van der Waals surface area contributed by atoms with Crippen LogP contribution >= 0.6 is 0 Å². The number of oxazole rings is 1. The zero-order chi connectivity index (χ0) is 17.1. The first-order valence-electron chi connectivity index (χ1n) is 7.97. The highest BCUT2D eigenvalue weighted by Gasteiger charge is 2.26. The van der Waals surface area contributed by atoms with Crippen molar-refractivity contribution < 1.29 is 9.21 Å². The summed E-state index contributed by atoms with van der Waals surface area (Å²) < 4.78 is 5.01. The van der Waals surface area contributed by atoms with E-state index in [1.807, 2.05) is 18.2 Å². The van der Waals surface area contributed by atoms with E-state index in [-0.39, 0.29) is 17.7 Å². The summed E-state index contributed by atoms with van der Waals surface area (Å²) in [5, 5.41) is 2.95. The lowest BCUT2D eigenvalue weighted by atomic mass is 10.2. The third kappa shape index (κ3) is 3.32. The van der Waals surface area contributed by atoms with Crippen LogP contribution in [0.25, 0.3) is 11.3 Å². The van der Waals surface area contributed by atoms with Crippen LogP contribution in [-0.4, -0.2) is 45.0 Å². The highest BCUT2D eigenvalue weighted by molar-refractivity contribution is 5.91. The van der Waals surface area contributed by atoms with Crippen LogP contribution in [0, 0.1) is 0 Å². The van der Waals surface area contributed by atoms with Crippen molar-refractivity contribution >= 4 is 11.9 Å². The van der Waals surface area contributed by atoms with Crippen molar-refractivity contribution in [3.05, 3.63) is 55.1 Å². The maximum Gasteiger partial charge on any atom is 0.288 e. The van der Waals surface area contributed by atoms with Gasteiger partial charge in [-0.1, -0.05) is 0 Å². The summed E-state index contributed by atoms with van der Waals surface area (Å²) in [6.45, 7) is 1.42. The lowest BCUT2D eigenvalue weighted by Crippen LogP contribution is -2.37. The topological polar surface area (TPSA) is 97.0 Å². The van der Waals surface area contributed by atoms with E-state index >= 15 is 0 Å². The van der Waals surface area contributed by atoms with E-state index < -0.39 is 0 Å². The van der Waals surface area contributed by atoms with Gasteiger partial charge in [0.25, 0.3) is 5.91 Å². The van der Waals surface area contributed by atoms with E-state index in [0.717, 1.165) is 24.2 Å². The normalized spacial score (nSPS) is 16.8. The number of carbonyl (C=O) groups excluding carboxylic acids is 1. The predicted octanol–water partition coefficient (Wildman–Crippen LogP) is 1.54. The van der Waals surface area contributed by atoms with Crippen LogP contribution < -0.4 is 10.2 Å². The smallest absolute Gasteiger partial charge is 0.288 e. The minimum Gasteiger partial charge on any atom is -0.438 e. The summed E-state index contributed by atoms with van der Waals surface area (Å²) in [6.07, 6.45) is 8.71. The minimum absolute atomic E-state index is 0.0169. The van der Waals surface area contributed by atoms with Crippen molar-refractivity contribution in [2.75, 3.05) is 18.0 Å². The Labute approximate surface area is 144 Å². The highest BCUT2D eigenvalue weighted by Crippen LogP contribution is 2.21. The number of anilines is 1. The molecule has 0 aromatic carbocycles. The van der Waals surface area contributed by atoms with Crippen molar-refractivity contribution in [1.82, 2.24) is 25.3 Å². The monoisotopic (exact) mass is 336 g/mol. The van der Waals surface area contributed by atoms with Gasteiger partial charge in [0, 0.05) is 43.3 Å². The fourth-order valence-electron chi connectivity index (χ4n) is 2.82. The van der Waals surface area contributed by atoms with E-state index in [4.69, 9.17) is 4.42 Å². The molecule has 1 atom stereocenters. The second-order valence-corrected chi connectivity index (χ2v) is 5.75. The standard InChI is InChI=1S/C17H16N6O2/c24-16(15-9-19-11-25-15)21-13-4-7-23(10-13)17-20-6-3-14(22-17)12-2-1-5-18-8-12/h1-3,5-6,8-9,11,13H,4,7,10H2,(H,21,24). The first-order chi connectivity index (χ1) is 12.3. The van der Waals surface area contributed by atoms with Gasteiger partial charge >= 0.3 is 0 Å². The summed E-state index contributed by atoms with van der Waals surface area (Å²) in [7, 11) is 0. The van der Waals surface area contributed by atoms with Gasteiger partial charge in [0.05, 0.1) is 11.9 Å². The van der Waals surface area contributed by atoms with Gasteiger partial charge in [0.2, 0.25) is 11.7 Å². The number of nitrogens with one attached hydrogen (secondary N) is 1. The average Bonchev–Trinajstić information content (AvgIpc) is 3.35. The summed E-state index contributed by atoms with van der Waals surface area (Å²) >= 11 is 0. The van der Waals surface area contributed by atoms with Crippen LogP contribution in [0.1, 0.15) is 17.0 Å². The summed E-state index contributed by atoms with van der Waals surface area (Å²) in [5.74, 6) is 0.612. The number of carbonyl (C=O) groups is 1. The molecule has 1 fully saturated rings. The Morgan fingerprint density at radius 2 is 2.20 bits per heavy atom. The SMILES string of the molecule is O=C(NC1CCN(c2nccc(-c3cccnc3)n2)C1)c1cnco1. The molecule has 3 aromatic rings. The molecule has 0 bridgehead atoms. The van der Waals surface area contributed by atoms with Crippen LogP contribution in [-0.2, 0) is 0 Å². The molecule has 4 heterocycles. The molecule has 0 aliphatic carbocycles. The number of hydrogen-bond donors (Lipinski definition) is 1. The molecule has 0 spiro atoms. The third-order valence-corrected chi connectivity index (χ3v) is 4.06. The van der Waals surface area contributed by atoms with Crippen molar-refractivity contribution in [3.8, 4) is 11.3 Å². The molecule has 1 aliphatic heterocycles. The van der Waals surface area contributed by atoms with Crippen molar-refractivity contribution in [3.63, 3.8) is 0 Å². The quantitative estimate of drug-likeness (QED) is 0.771. The molecule has 126 valence electrons. The molecule has 1 unspecified atom stereocenters. The third-order valence-electron chi connectivity index (χ3n) is 4.06. The molecule has 25 heavy (non-hydrogen) atoms. The Bertz CT molecular complexity index is 853. The maximum atomic E-state index is 12.0. The van der Waals surface area contributed by atoms with Gasteiger partial charge in [-0.3, -0.25) is 9.78 Å². The second-order valence-electron chi connectivity index (χ2n) is 5.75. The molecule has 0 radical (unpaired) electrons. The lowest BCUT2D eigenvalue weighted by Gasteiger charge is -2.17. The summed E-state index contributed by atoms with van der Waals surface area (Å²) in [5.41, 5.74) is 1.77. The van der Waals surface area contributed by atoms with Gasteiger partial charge in [-0.25, -0.2) is 15.0 Å². The molecular formula is C17H16N6O2. The number of hydrogen-bond acceptors (Lipinski definition) is 7. The minimum atomic E-state index is -0.255. The van der Waals surface area contributed by atoms with Gasteiger partial charge in [0.1, 0.15) is 0 Å². The number of nitrogens with zero attached hydrogens (tertiary/aromatic N) is 5. The Morgan fingerprint density at radius 3 is 3.00 bits per heavy atom. The molecule has 1 saturated heterocycles. The largest absolute Gasteiger partial charge is 0.438 e. The predicted molar refractivity (Wildman–Crippen MR) is 89.9 cm³/mol. The molecule has 8 nitrogen and oxygen atoms in total. The van der Waals surface area contributed by atoms with Gasteiger partial charge < -0.3 is 14.6 Å². The van der Waals surface area contributed by atoms with E-state index in [0.29, 0.717) is 12.5 Å². The molecule has 1 aliphatic rings. The molecule has 3 aromatic heterocycles. The second kappa shape index (κ2) is 6.68. The van der Waals surface area contributed by atoms with E-state index in [2.05, 4.69) is 30.2 Å². The summed E-state index contributed by atoms with van der Waals surface area (Å²) in [6, 6.07) is 5.72. The van der Waals surface area contributed by atoms with Crippen molar-refractivity contribution in [1.29, 1.82) is 0 Å². The maximum absolute atomic E-state index is 12.0. The van der Waals surface area contributed by atoms with Gasteiger partial charge in [0.15, 0.2) is 6.39 Å². The Morgan fingerprint density at radius 1 is 1.24 bits per heavy atom. The number of rotatable bonds is 4. The van der Waals surface area contributed by atoms with Crippen LogP contribution in [0.4, 0.5) is 5.95 Å². The van der Waals surface area contributed by atoms with Crippen molar-refractivity contribution in [2.45, 2.75) is 12.5 Å². The molecule has 1 amide bonds. The zero-order valence-electron chi connectivity index (χ0n) is 13.4. The van der Waals surface area contributed by atoms with Crippen LogP contribution in [0.2, 0.25) is 0 Å².